The van der Waals surface area contributed by atoms with Crippen LogP contribution in [0.3, 0.4) is 0 Å². The number of benzene rings is 2. The summed E-state index contributed by atoms with van der Waals surface area (Å²) in [6.07, 6.45) is 1.70. The number of esters is 1. The van der Waals surface area contributed by atoms with E-state index in [1.54, 1.807) is 6.26 Å². The molecule has 0 aliphatic heterocycles. The number of ether oxygens (including phenoxy) is 1. The van der Waals surface area contributed by atoms with E-state index in [0.717, 1.165) is 33.0 Å². The lowest BCUT2D eigenvalue weighted by atomic mass is 9.95. The lowest BCUT2D eigenvalue weighted by molar-refractivity contribution is -0.144. The normalized spacial score (nSPS) is 11.5. The minimum atomic E-state index is -0.457. The lowest BCUT2D eigenvalue weighted by Crippen LogP contribution is -2.10. The van der Waals surface area contributed by atoms with Crippen LogP contribution >= 0.6 is 0 Å². The zero-order valence-electron chi connectivity index (χ0n) is 17.6. The monoisotopic (exact) mass is 404 g/mol. The van der Waals surface area contributed by atoms with Crippen molar-refractivity contribution in [2.45, 2.75) is 46.6 Å². The van der Waals surface area contributed by atoms with E-state index in [9.17, 15) is 9.59 Å². The number of hydrogen-bond donors (Lipinski definition) is 0. The third-order valence-electron chi connectivity index (χ3n) is 5.37. The molecule has 2 heterocycles. The largest absolute Gasteiger partial charge is 0.464 e. The van der Waals surface area contributed by atoms with Crippen molar-refractivity contribution in [1.29, 1.82) is 0 Å². The molecule has 0 unspecified atom stereocenters. The Hall–Kier alpha value is -3.34. The topological polar surface area (TPSA) is 69.7 Å². The summed E-state index contributed by atoms with van der Waals surface area (Å²) < 4.78 is 16.4. The molecule has 0 radical (unpaired) electrons. The van der Waals surface area contributed by atoms with Crippen LogP contribution in [0.1, 0.15) is 47.6 Å². The summed E-state index contributed by atoms with van der Waals surface area (Å²) in [5.41, 5.74) is 5.56. The molecule has 30 heavy (non-hydrogen) atoms. The second-order valence-electron chi connectivity index (χ2n) is 8.05. The Morgan fingerprint density at radius 2 is 1.80 bits per heavy atom. The fraction of sp³-hybridized carbons (Fsp3) is 0.280. The Kier molecular flexibility index (Phi) is 5.20. The number of rotatable bonds is 5. The van der Waals surface area contributed by atoms with Crippen molar-refractivity contribution in [3.63, 3.8) is 0 Å². The number of carbonyl (C=O) groups excluding carboxylic acids is 1. The molecule has 0 saturated carbocycles. The van der Waals surface area contributed by atoms with Crippen LogP contribution in [0, 0.1) is 13.8 Å². The first-order valence-electron chi connectivity index (χ1n) is 10.0. The molecule has 0 aliphatic rings. The molecule has 0 aliphatic carbocycles. The fourth-order valence-electron chi connectivity index (χ4n) is 3.82. The lowest BCUT2D eigenvalue weighted by Gasteiger charge is -2.13. The molecular formula is C25H24O5. The molecule has 4 aromatic rings. The van der Waals surface area contributed by atoms with Crippen LogP contribution in [0.5, 0.6) is 0 Å². The Balaban J connectivity index is 1.57. The predicted octanol–water partition coefficient (Wildman–Crippen LogP) is 5.57. The molecule has 0 amide bonds. The van der Waals surface area contributed by atoms with E-state index in [1.807, 2.05) is 44.2 Å². The van der Waals surface area contributed by atoms with Gasteiger partial charge in [-0.1, -0.05) is 26.0 Å². The van der Waals surface area contributed by atoms with Crippen LogP contribution in [0.4, 0.5) is 0 Å². The maximum Gasteiger partial charge on any atom is 0.336 e. The molecule has 0 atom stereocenters. The summed E-state index contributed by atoms with van der Waals surface area (Å²) in [6, 6.07) is 11.2. The van der Waals surface area contributed by atoms with Gasteiger partial charge in [-0.15, -0.1) is 0 Å². The summed E-state index contributed by atoms with van der Waals surface area (Å²) in [5.74, 6) is -0.0504. The third-order valence-corrected chi connectivity index (χ3v) is 5.37. The van der Waals surface area contributed by atoms with Gasteiger partial charge in [0.05, 0.1) is 12.7 Å². The van der Waals surface area contributed by atoms with Gasteiger partial charge in [0.2, 0.25) is 0 Å². The molecule has 5 nitrogen and oxygen atoms in total. The average molecular weight is 404 g/mol. The van der Waals surface area contributed by atoms with Crippen LogP contribution < -0.4 is 5.63 Å². The third kappa shape index (κ3) is 3.88. The molecule has 0 saturated heterocycles. The Labute approximate surface area is 174 Å². The SMILES string of the molecule is Cc1ccc2c(CC(=O)OCc3cc(=O)oc4cc(C)c(C(C)C)cc34)coc2c1. The van der Waals surface area contributed by atoms with Crippen LogP contribution in [-0.2, 0) is 22.6 Å². The summed E-state index contributed by atoms with van der Waals surface area (Å²) in [4.78, 5) is 24.5. The second-order valence-corrected chi connectivity index (χ2v) is 8.05. The Morgan fingerprint density at radius 1 is 1.00 bits per heavy atom. The van der Waals surface area contributed by atoms with Gasteiger partial charge >= 0.3 is 11.6 Å². The summed E-state index contributed by atoms with van der Waals surface area (Å²) in [7, 11) is 0. The average Bonchev–Trinajstić information content (AvgIpc) is 3.06. The summed E-state index contributed by atoms with van der Waals surface area (Å²) in [5, 5.41) is 1.70. The number of furan rings is 1. The first-order chi connectivity index (χ1) is 14.3. The van der Waals surface area contributed by atoms with Crippen LogP contribution in [0.15, 0.2) is 56.3 Å². The van der Waals surface area contributed by atoms with E-state index in [-0.39, 0.29) is 19.0 Å². The van der Waals surface area contributed by atoms with Crippen LogP contribution in [-0.4, -0.2) is 5.97 Å². The van der Waals surface area contributed by atoms with Crippen molar-refractivity contribution in [3.8, 4) is 0 Å². The number of hydrogen-bond acceptors (Lipinski definition) is 5. The Morgan fingerprint density at radius 3 is 2.57 bits per heavy atom. The highest BCUT2D eigenvalue weighted by Gasteiger charge is 2.15. The highest BCUT2D eigenvalue weighted by molar-refractivity contribution is 5.86. The van der Waals surface area contributed by atoms with Crippen molar-refractivity contribution in [2.75, 3.05) is 0 Å². The quantitative estimate of drug-likeness (QED) is 0.321. The van der Waals surface area contributed by atoms with Crippen LogP contribution in [0.25, 0.3) is 21.9 Å². The minimum absolute atomic E-state index is 0.0103. The molecular weight excluding hydrogens is 380 g/mol. The van der Waals surface area contributed by atoms with Crippen molar-refractivity contribution >= 4 is 27.9 Å². The summed E-state index contributed by atoms with van der Waals surface area (Å²) >= 11 is 0. The molecule has 0 N–H and O–H groups in total. The van der Waals surface area contributed by atoms with Gasteiger partial charge in [-0.25, -0.2) is 4.79 Å². The van der Waals surface area contributed by atoms with E-state index in [0.29, 0.717) is 17.1 Å². The van der Waals surface area contributed by atoms with Gasteiger partial charge in [0.25, 0.3) is 0 Å². The maximum atomic E-state index is 12.5. The van der Waals surface area contributed by atoms with E-state index in [4.69, 9.17) is 13.6 Å². The molecule has 2 aromatic carbocycles. The number of fused-ring (bicyclic) bond motifs is 2. The molecule has 4 rings (SSSR count). The van der Waals surface area contributed by atoms with E-state index in [1.165, 1.54) is 11.6 Å². The summed E-state index contributed by atoms with van der Waals surface area (Å²) in [6.45, 7) is 8.23. The van der Waals surface area contributed by atoms with E-state index in [2.05, 4.69) is 13.8 Å². The van der Waals surface area contributed by atoms with Gasteiger partial charge < -0.3 is 13.6 Å². The molecule has 0 fully saturated rings. The highest BCUT2D eigenvalue weighted by Crippen LogP contribution is 2.27. The van der Waals surface area contributed by atoms with Crippen molar-refractivity contribution in [2.24, 2.45) is 0 Å². The minimum Gasteiger partial charge on any atom is -0.464 e. The van der Waals surface area contributed by atoms with Crippen molar-refractivity contribution < 1.29 is 18.4 Å². The fourth-order valence-corrected chi connectivity index (χ4v) is 3.82. The van der Waals surface area contributed by atoms with E-state index < -0.39 is 5.63 Å². The molecule has 0 bridgehead atoms. The van der Waals surface area contributed by atoms with Gasteiger partial charge in [-0.05, 0) is 54.7 Å². The Bertz CT molecular complexity index is 1310. The standard InChI is InChI=1S/C25H24O5/c1-14(2)20-11-21-18(10-25(27)30-23(21)8-16(20)4)13-29-24(26)9-17-12-28-22-7-15(3)5-6-19(17)22/h5-8,10-12,14H,9,13H2,1-4H3. The number of carbonyl (C=O) groups is 1. The van der Waals surface area contributed by atoms with Gasteiger partial charge in [0.15, 0.2) is 0 Å². The zero-order valence-corrected chi connectivity index (χ0v) is 17.6. The first-order valence-corrected chi connectivity index (χ1v) is 10.0. The van der Waals surface area contributed by atoms with Crippen LogP contribution in [0.2, 0.25) is 0 Å². The molecule has 5 heteroatoms. The van der Waals surface area contributed by atoms with Crippen molar-refractivity contribution in [3.05, 3.63) is 80.9 Å². The predicted molar refractivity (Wildman–Crippen MR) is 116 cm³/mol. The molecule has 2 aromatic heterocycles. The molecule has 0 spiro atoms. The smallest absolute Gasteiger partial charge is 0.336 e. The highest BCUT2D eigenvalue weighted by atomic mass is 16.5. The zero-order chi connectivity index (χ0) is 21.4. The van der Waals surface area contributed by atoms with Crippen molar-refractivity contribution in [1.82, 2.24) is 0 Å². The van der Waals surface area contributed by atoms with E-state index >= 15 is 0 Å². The van der Waals surface area contributed by atoms with Gasteiger partial charge in [0, 0.05) is 28.0 Å². The maximum absolute atomic E-state index is 12.5. The molecule has 154 valence electrons. The first kappa shape index (κ1) is 20.0. The second kappa shape index (κ2) is 7.82. The van der Waals surface area contributed by atoms with Gasteiger partial charge in [0.1, 0.15) is 17.8 Å². The number of aryl methyl sites for hydroxylation is 2. The van der Waals surface area contributed by atoms with Gasteiger partial charge in [-0.3, -0.25) is 4.79 Å². The van der Waals surface area contributed by atoms with Gasteiger partial charge in [-0.2, -0.15) is 0 Å².